The van der Waals surface area contributed by atoms with E-state index in [9.17, 15) is 14.0 Å². The molecular formula is C20H15BrFN3O2. The van der Waals surface area contributed by atoms with Gasteiger partial charge in [-0.05, 0) is 64.8 Å². The van der Waals surface area contributed by atoms with Gasteiger partial charge in [-0.3, -0.25) is 15.4 Å². The van der Waals surface area contributed by atoms with Crippen LogP contribution in [0.1, 0.15) is 16.1 Å². The third-order valence-electron chi connectivity index (χ3n) is 3.83. The maximum atomic E-state index is 13.1. The van der Waals surface area contributed by atoms with E-state index < -0.39 is 11.9 Å². The quantitative estimate of drug-likeness (QED) is 0.622. The Morgan fingerprint density at radius 1 is 1.00 bits per heavy atom. The van der Waals surface area contributed by atoms with Crippen LogP contribution >= 0.6 is 15.9 Å². The fourth-order valence-electron chi connectivity index (χ4n) is 2.53. The lowest BCUT2D eigenvalue weighted by Gasteiger charge is -2.10. The number of nitrogens with one attached hydrogen (secondary N) is 2. The largest absolute Gasteiger partial charge is 0.327 e. The predicted octanol–water partition coefficient (Wildman–Crippen LogP) is 4.92. The first-order valence-corrected chi connectivity index (χ1v) is 8.84. The van der Waals surface area contributed by atoms with Crippen LogP contribution in [-0.4, -0.2) is 16.9 Å². The van der Waals surface area contributed by atoms with Crippen molar-refractivity contribution in [2.24, 2.45) is 0 Å². The molecule has 0 fully saturated rings. The molecule has 3 amide bonds. The van der Waals surface area contributed by atoms with E-state index in [-0.39, 0.29) is 5.82 Å². The first kappa shape index (κ1) is 18.7. The maximum absolute atomic E-state index is 13.1. The summed E-state index contributed by atoms with van der Waals surface area (Å²) >= 11 is 3.27. The summed E-state index contributed by atoms with van der Waals surface area (Å²) in [5, 5.41) is 4.79. The topological polar surface area (TPSA) is 71.1 Å². The second kappa shape index (κ2) is 8.09. The van der Waals surface area contributed by atoms with E-state index in [1.807, 2.05) is 0 Å². The summed E-state index contributed by atoms with van der Waals surface area (Å²) in [7, 11) is 0. The molecule has 0 saturated carbocycles. The van der Waals surface area contributed by atoms with Crippen LogP contribution in [0.15, 0.2) is 65.1 Å². The zero-order valence-corrected chi connectivity index (χ0v) is 15.9. The molecule has 3 rings (SSSR count). The van der Waals surface area contributed by atoms with Gasteiger partial charge in [0.2, 0.25) is 0 Å². The van der Waals surface area contributed by atoms with Crippen LogP contribution in [0.4, 0.5) is 15.0 Å². The van der Waals surface area contributed by atoms with Gasteiger partial charge in [0.1, 0.15) is 11.6 Å². The summed E-state index contributed by atoms with van der Waals surface area (Å²) in [5.74, 6) is -0.538. The van der Waals surface area contributed by atoms with Gasteiger partial charge in [0, 0.05) is 15.7 Å². The molecule has 0 atom stereocenters. The standard InChI is InChI=1S/C20H15BrFN3O2/c1-12-15(13-6-8-14(22)9-7-13)10-11-18(23-12)24-20(27)25-19(26)16-4-2-3-5-17(16)21/h2-11H,1H3,(H2,23,24,25,26,27). The summed E-state index contributed by atoms with van der Waals surface area (Å²) in [6, 6.07) is 15.6. The number of carbonyl (C=O) groups is 2. The van der Waals surface area contributed by atoms with E-state index in [0.717, 1.165) is 11.1 Å². The van der Waals surface area contributed by atoms with Crippen LogP contribution in [0.3, 0.4) is 0 Å². The molecule has 2 aromatic carbocycles. The Labute approximate surface area is 163 Å². The molecule has 3 aromatic rings. The van der Waals surface area contributed by atoms with Gasteiger partial charge in [-0.1, -0.05) is 24.3 Å². The molecule has 27 heavy (non-hydrogen) atoms. The number of hydrogen-bond acceptors (Lipinski definition) is 3. The number of aryl methyl sites for hydroxylation is 1. The summed E-state index contributed by atoms with van der Waals surface area (Å²) in [5.41, 5.74) is 2.66. The van der Waals surface area contributed by atoms with Crippen molar-refractivity contribution in [3.8, 4) is 11.1 Å². The van der Waals surface area contributed by atoms with E-state index in [1.165, 1.54) is 12.1 Å². The Morgan fingerprint density at radius 2 is 1.70 bits per heavy atom. The lowest BCUT2D eigenvalue weighted by molar-refractivity contribution is 0.0966. The summed E-state index contributed by atoms with van der Waals surface area (Å²) < 4.78 is 13.7. The Morgan fingerprint density at radius 3 is 2.37 bits per heavy atom. The number of nitrogens with zero attached hydrogens (tertiary/aromatic N) is 1. The average Bonchev–Trinajstić information content (AvgIpc) is 2.63. The highest BCUT2D eigenvalue weighted by atomic mass is 79.9. The van der Waals surface area contributed by atoms with Gasteiger partial charge in [0.05, 0.1) is 5.56 Å². The van der Waals surface area contributed by atoms with Gasteiger partial charge in [-0.15, -0.1) is 0 Å². The molecule has 5 nitrogen and oxygen atoms in total. The zero-order valence-electron chi connectivity index (χ0n) is 14.3. The Kier molecular flexibility index (Phi) is 5.61. The fourth-order valence-corrected chi connectivity index (χ4v) is 2.99. The first-order valence-electron chi connectivity index (χ1n) is 8.04. The number of imide groups is 1. The lowest BCUT2D eigenvalue weighted by atomic mass is 10.0. The van der Waals surface area contributed by atoms with E-state index >= 15 is 0 Å². The van der Waals surface area contributed by atoms with E-state index in [4.69, 9.17) is 0 Å². The molecule has 136 valence electrons. The average molecular weight is 428 g/mol. The minimum absolute atomic E-state index is 0.302. The molecule has 0 aliphatic carbocycles. The fraction of sp³-hybridized carbons (Fsp3) is 0.0500. The predicted molar refractivity (Wildman–Crippen MR) is 105 cm³/mol. The first-order chi connectivity index (χ1) is 12.9. The van der Waals surface area contributed by atoms with Gasteiger partial charge in [-0.25, -0.2) is 14.2 Å². The Hall–Kier alpha value is -3.06. The van der Waals surface area contributed by atoms with E-state index in [0.29, 0.717) is 21.5 Å². The van der Waals surface area contributed by atoms with E-state index in [2.05, 4.69) is 31.5 Å². The molecule has 0 unspecified atom stereocenters. The number of anilines is 1. The van der Waals surface area contributed by atoms with Crippen LogP contribution in [0.2, 0.25) is 0 Å². The highest BCUT2D eigenvalue weighted by Gasteiger charge is 2.14. The monoisotopic (exact) mass is 427 g/mol. The van der Waals surface area contributed by atoms with Gasteiger partial charge < -0.3 is 0 Å². The summed E-state index contributed by atoms with van der Waals surface area (Å²) in [4.78, 5) is 28.5. The van der Waals surface area contributed by atoms with Crippen molar-refractivity contribution < 1.29 is 14.0 Å². The number of hydrogen-bond donors (Lipinski definition) is 2. The number of pyridine rings is 1. The minimum Gasteiger partial charge on any atom is -0.292 e. The van der Waals surface area contributed by atoms with Crippen molar-refractivity contribution in [3.05, 3.63) is 82.2 Å². The SMILES string of the molecule is Cc1nc(NC(=O)NC(=O)c2ccccc2Br)ccc1-c1ccc(F)cc1. The number of rotatable bonds is 3. The third kappa shape index (κ3) is 4.57. The molecule has 0 aliphatic rings. The number of amides is 3. The summed E-state index contributed by atoms with van der Waals surface area (Å²) in [6.45, 7) is 1.79. The number of urea groups is 1. The van der Waals surface area contributed by atoms with Gasteiger partial charge in [-0.2, -0.15) is 0 Å². The van der Waals surface area contributed by atoms with Crippen LogP contribution in [0.25, 0.3) is 11.1 Å². The number of halogens is 2. The normalized spacial score (nSPS) is 10.3. The van der Waals surface area contributed by atoms with Crippen molar-refractivity contribution >= 4 is 33.7 Å². The van der Waals surface area contributed by atoms with Gasteiger partial charge in [0.25, 0.3) is 5.91 Å². The van der Waals surface area contributed by atoms with Crippen molar-refractivity contribution in [2.45, 2.75) is 6.92 Å². The zero-order chi connectivity index (χ0) is 19.4. The number of carbonyl (C=O) groups excluding carboxylic acids is 2. The molecule has 7 heteroatoms. The van der Waals surface area contributed by atoms with Crippen molar-refractivity contribution in [1.29, 1.82) is 0 Å². The van der Waals surface area contributed by atoms with Crippen LogP contribution in [0.5, 0.6) is 0 Å². The second-order valence-electron chi connectivity index (χ2n) is 5.72. The molecule has 0 spiro atoms. The highest BCUT2D eigenvalue weighted by Crippen LogP contribution is 2.24. The molecule has 0 radical (unpaired) electrons. The molecule has 1 heterocycles. The van der Waals surface area contributed by atoms with Crippen molar-refractivity contribution in [1.82, 2.24) is 10.3 Å². The summed E-state index contributed by atoms with van der Waals surface area (Å²) in [6.07, 6.45) is 0. The van der Waals surface area contributed by atoms with Crippen molar-refractivity contribution in [2.75, 3.05) is 5.32 Å². The minimum atomic E-state index is -0.683. The maximum Gasteiger partial charge on any atom is 0.327 e. The van der Waals surface area contributed by atoms with Gasteiger partial charge >= 0.3 is 6.03 Å². The van der Waals surface area contributed by atoms with Crippen LogP contribution in [-0.2, 0) is 0 Å². The highest BCUT2D eigenvalue weighted by molar-refractivity contribution is 9.10. The second-order valence-corrected chi connectivity index (χ2v) is 6.58. The molecular weight excluding hydrogens is 413 g/mol. The molecule has 0 saturated heterocycles. The van der Waals surface area contributed by atoms with Crippen molar-refractivity contribution in [3.63, 3.8) is 0 Å². The lowest BCUT2D eigenvalue weighted by Crippen LogP contribution is -2.34. The van der Waals surface area contributed by atoms with Crippen LogP contribution in [0, 0.1) is 12.7 Å². The van der Waals surface area contributed by atoms with Crippen LogP contribution < -0.4 is 10.6 Å². The van der Waals surface area contributed by atoms with Gasteiger partial charge in [0.15, 0.2) is 0 Å². The Bertz CT molecular complexity index is 1010. The number of benzene rings is 2. The number of aromatic nitrogens is 1. The third-order valence-corrected chi connectivity index (χ3v) is 4.52. The molecule has 1 aromatic heterocycles. The smallest absolute Gasteiger partial charge is 0.292 e. The molecule has 0 bridgehead atoms. The van der Waals surface area contributed by atoms with E-state index in [1.54, 1.807) is 55.5 Å². The Balaban J connectivity index is 1.69. The molecule has 2 N–H and O–H groups in total. The molecule has 0 aliphatic heterocycles.